The molecule has 0 amide bonds. The number of anilines is 2. The van der Waals surface area contributed by atoms with Crippen molar-refractivity contribution in [2.75, 3.05) is 36.8 Å². The molecular formula is C29H34ClN7O. The maximum absolute atomic E-state index is 10.5. The molecule has 5 atom stereocenters. The summed E-state index contributed by atoms with van der Waals surface area (Å²) in [6.07, 6.45) is 7.88. The summed E-state index contributed by atoms with van der Waals surface area (Å²) in [6, 6.07) is 9.35. The second-order valence-corrected chi connectivity index (χ2v) is 11.9. The lowest BCUT2D eigenvalue weighted by Crippen LogP contribution is -2.44. The van der Waals surface area contributed by atoms with Crippen LogP contribution < -0.4 is 16.0 Å². The van der Waals surface area contributed by atoms with Crippen molar-refractivity contribution in [2.24, 2.45) is 23.7 Å². The molecule has 4 heterocycles. The molecule has 4 unspecified atom stereocenters. The van der Waals surface area contributed by atoms with Crippen LogP contribution in [0.15, 0.2) is 36.5 Å². The molecule has 0 radical (unpaired) electrons. The van der Waals surface area contributed by atoms with Gasteiger partial charge in [-0.2, -0.15) is 0 Å². The highest BCUT2D eigenvalue weighted by atomic mass is 35.5. The molecule has 3 aliphatic carbocycles. The number of benzene rings is 1. The molecule has 8 rings (SSSR count). The van der Waals surface area contributed by atoms with Gasteiger partial charge in [0.2, 0.25) is 0 Å². The maximum atomic E-state index is 10.5. The summed E-state index contributed by atoms with van der Waals surface area (Å²) in [5.41, 5.74) is 9.60. The number of aromatic hydroxyl groups is 1. The van der Waals surface area contributed by atoms with E-state index in [-0.39, 0.29) is 5.75 Å². The third kappa shape index (κ3) is 4.00. The van der Waals surface area contributed by atoms with E-state index in [1.165, 1.54) is 25.0 Å². The topological polar surface area (TPSA) is 113 Å². The molecule has 2 aromatic heterocycles. The molecule has 38 heavy (non-hydrogen) atoms. The SMILES string of the molecule is Nc1nnc(-c2cccc(Cl)c2O)cc1N1CCC2CC3C(c4nccc(C5CCNCC5)n4)C2[C@@H]3CC1. The molecule has 1 aromatic carbocycles. The molecule has 5 aliphatic rings. The van der Waals surface area contributed by atoms with Gasteiger partial charge < -0.3 is 21.1 Å². The summed E-state index contributed by atoms with van der Waals surface area (Å²) in [6.45, 7) is 4.03. The minimum Gasteiger partial charge on any atom is -0.506 e. The third-order valence-electron chi connectivity index (χ3n) is 9.70. The Kier molecular flexibility index (Phi) is 6.12. The number of phenols is 1. The van der Waals surface area contributed by atoms with Crippen molar-refractivity contribution >= 4 is 23.1 Å². The zero-order valence-corrected chi connectivity index (χ0v) is 22.2. The standard InChI is InChI=1S/C29H34ClN7O/c30-21-3-1-2-19(27(21)38)23-15-24(28(31)36-35-23)37-12-7-17-14-20-18(8-13-37)25(17)26(20)29-33-11-6-22(34-29)16-4-9-32-10-5-16/h1-3,6,11,15-18,20,25-26,32,38H,4-5,7-10,12-14H2,(H2,31,36)/t17?,18-,20?,25?,26?/m1/s1. The molecule has 8 nitrogen and oxygen atoms in total. The van der Waals surface area contributed by atoms with Crippen LogP contribution in [0.3, 0.4) is 0 Å². The number of nitrogen functional groups attached to an aromatic ring is 1. The average Bonchev–Trinajstić information content (AvgIpc) is 3.51. The largest absolute Gasteiger partial charge is 0.506 e. The Morgan fingerprint density at radius 1 is 1.03 bits per heavy atom. The molecule has 2 saturated heterocycles. The summed E-state index contributed by atoms with van der Waals surface area (Å²) in [5, 5.41) is 22.7. The summed E-state index contributed by atoms with van der Waals surface area (Å²) < 4.78 is 0. The molecule has 3 aromatic rings. The van der Waals surface area contributed by atoms with Crippen molar-refractivity contribution in [1.82, 2.24) is 25.5 Å². The lowest BCUT2D eigenvalue weighted by molar-refractivity contribution is 0.0767. The highest BCUT2D eigenvalue weighted by Gasteiger charge is 2.61. The van der Waals surface area contributed by atoms with Crippen LogP contribution in [0.25, 0.3) is 11.3 Å². The van der Waals surface area contributed by atoms with E-state index < -0.39 is 0 Å². The molecule has 5 fully saturated rings. The fraction of sp³-hybridized carbons (Fsp3) is 0.517. The Bertz CT molecular complexity index is 1340. The first-order valence-electron chi connectivity index (χ1n) is 14.0. The van der Waals surface area contributed by atoms with E-state index in [1.807, 2.05) is 12.3 Å². The number of para-hydroxylation sites is 1. The molecule has 4 N–H and O–H groups in total. The van der Waals surface area contributed by atoms with E-state index in [9.17, 15) is 5.11 Å². The second kappa shape index (κ2) is 9.65. The Morgan fingerprint density at radius 2 is 1.87 bits per heavy atom. The predicted octanol–water partition coefficient (Wildman–Crippen LogP) is 4.61. The summed E-state index contributed by atoms with van der Waals surface area (Å²) >= 11 is 6.14. The highest BCUT2D eigenvalue weighted by molar-refractivity contribution is 6.32. The monoisotopic (exact) mass is 531 g/mol. The van der Waals surface area contributed by atoms with Crippen molar-refractivity contribution in [1.29, 1.82) is 0 Å². The van der Waals surface area contributed by atoms with Gasteiger partial charge in [0.1, 0.15) is 11.6 Å². The number of nitrogens with zero attached hydrogens (tertiary/aromatic N) is 5. The van der Waals surface area contributed by atoms with Crippen LogP contribution in [-0.4, -0.2) is 51.5 Å². The van der Waals surface area contributed by atoms with Gasteiger partial charge in [-0.3, -0.25) is 0 Å². The number of piperidine rings is 1. The number of halogens is 1. The van der Waals surface area contributed by atoms with Gasteiger partial charge in [-0.25, -0.2) is 9.97 Å². The first kappa shape index (κ1) is 24.1. The Morgan fingerprint density at radius 3 is 2.74 bits per heavy atom. The summed E-state index contributed by atoms with van der Waals surface area (Å²) in [7, 11) is 0. The van der Waals surface area contributed by atoms with Gasteiger partial charge in [0, 0.05) is 42.4 Å². The first-order chi connectivity index (χ1) is 18.6. The number of hydrogen-bond acceptors (Lipinski definition) is 8. The van der Waals surface area contributed by atoms with Gasteiger partial charge in [-0.05, 0) is 93.1 Å². The van der Waals surface area contributed by atoms with E-state index in [0.29, 0.717) is 57.6 Å². The molecule has 9 heteroatoms. The number of nitrogens with one attached hydrogen (secondary N) is 1. The molecule has 0 spiro atoms. The minimum absolute atomic E-state index is 0.0162. The molecular weight excluding hydrogens is 498 g/mol. The smallest absolute Gasteiger partial charge is 0.169 e. The Hall–Kier alpha value is -2.97. The first-order valence-corrected chi connectivity index (χ1v) is 14.4. The van der Waals surface area contributed by atoms with Crippen molar-refractivity contribution in [3.63, 3.8) is 0 Å². The third-order valence-corrected chi connectivity index (χ3v) is 10.0. The fourth-order valence-electron chi connectivity index (χ4n) is 7.88. The van der Waals surface area contributed by atoms with Crippen molar-refractivity contribution in [2.45, 2.75) is 43.9 Å². The van der Waals surface area contributed by atoms with Gasteiger partial charge >= 0.3 is 0 Å². The number of rotatable bonds is 4. The van der Waals surface area contributed by atoms with E-state index in [2.05, 4.69) is 26.5 Å². The van der Waals surface area contributed by atoms with E-state index in [4.69, 9.17) is 27.3 Å². The second-order valence-electron chi connectivity index (χ2n) is 11.5. The van der Waals surface area contributed by atoms with Gasteiger partial charge in [-0.15, -0.1) is 10.2 Å². The molecule has 2 aliphatic heterocycles. The van der Waals surface area contributed by atoms with Gasteiger partial charge in [0.15, 0.2) is 5.82 Å². The van der Waals surface area contributed by atoms with E-state index in [0.717, 1.165) is 50.5 Å². The fourth-order valence-corrected chi connectivity index (χ4v) is 8.06. The lowest BCUT2D eigenvalue weighted by atomic mass is 9.60. The van der Waals surface area contributed by atoms with E-state index >= 15 is 0 Å². The Balaban J connectivity index is 1.09. The van der Waals surface area contributed by atoms with Crippen LogP contribution in [0.5, 0.6) is 5.75 Å². The minimum atomic E-state index is 0.0162. The summed E-state index contributed by atoms with van der Waals surface area (Å²) in [4.78, 5) is 12.3. The maximum Gasteiger partial charge on any atom is 0.169 e. The lowest BCUT2D eigenvalue weighted by Gasteiger charge is -2.47. The van der Waals surface area contributed by atoms with Gasteiger partial charge in [0.25, 0.3) is 0 Å². The number of hydrogen-bond donors (Lipinski definition) is 3. The van der Waals surface area contributed by atoms with E-state index in [1.54, 1.807) is 18.2 Å². The van der Waals surface area contributed by atoms with Crippen molar-refractivity contribution in [3.05, 3.63) is 53.1 Å². The van der Waals surface area contributed by atoms with Crippen molar-refractivity contribution in [3.8, 4) is 17.0 Å². The predicted molar refractivity (Wildman–Crippen MR) is 148 cm³/mol. The van der Waals surface area contributed by atoms with Crippen LogP contribution in [0.1, 0.15) is 55.5 Å². The average molecular weight is 532 g/mol. The molecule has 4 bridgehead atoms. The highest BCUT2D eigenvalue weighted by Crippen LogP contribution is 2.67. The number of aromatic nitrogens is 4. The van der Waals surface area contributed by atoms with Gasteiger partial charge in [0.05, 0.1) is 16.4 Å². The zero-order valence-electron chi connectivity index (χ0n) is 21.4. The summed E-state index contributed by atoms with van der Waals surface area (Å²) in [5.74, 6) is 5.40. The quantitative estimate of drug-likeness (QED) is 0.447. The normalized spacial score (nSPS) is 29.0. The Labute approximate surface area is 228 Å². The van der Waals surface area contributed by atoms with Crippen LogP contribution in [0.2, 0.25) is 5.02 Å². The molecule has 198 valence electrons. The number of phenolic OH excluding ortho intramolecular Hbond substituents is 1. The van der Waals surface area contributed by atoms with Crippen LogP contribution in [0.4, 0.5) is 11.5 Å². The van der Waals surface area contributed by atoms with Crippen LogP contribution >= 0.6 is 11.6 Å². The zero-order chi connectivity index (χ0) is 25.8. The van der Waals surface area contributed by atoms with Crippen molar-refractivity contribution < 1.29 is 5.11 Å². The number of nitrogens with two attached hydrogens (primary N) is 1. The van der Waals surface area contributed by atoms with Crippen LogP contribution in [0, 0.1) is 23.7 Å². The van der Waals surface area contributed by atoms with Gasteiger partial charge in [-0.1, -0.05) is 17.7 Å². The van der Waals surface area contributed by atoms with Crippen LogP contribution in [-0.2, 0) is 0 Å². The molecule has 3 saturated carbocycles.